The molecule has 1 heterocycles. The SMILES string of the molecule is CCCNC(=O)c1oc2cc(OC)ccc2c1-c1ccccc1. The highest BCUT2D eigenvalue weighted by molar-refractivity contribution is 6.08. The van der Waals surface area contributed by atoms with E-state index in [1.54, 1.807) is 13.2 Å². The first kappa shape index (κ1) is 15.2. The summed E-state index contributed by atoms with van der Waals surface area (Å²) >= 11 is 0. The van der Waals surface area contributed by atoms with E-state index in [1.165, 1.54) is 0 Å². The molecule has 2 aromatic carbocycles. The average Bonchev–Trinajstić information content (AvgIpc) is 2.98. The zero-order chi connectivity index (χ0) is 16.2. The molecule has 0 aliphatic heterocycles. The maximum atomic E-state index is 12.5. The number of hydrogen-bond donors (Lipinski definition) is 1. The van der Waals surface area contributed by atoms with Crippen LogP contribution < -0.4 is 10.1 Å². The number of carbonyl (C=O) groups excluding carboxylic acids is 1. The maximum Gasteiger partial charge on any atom is 0.287 e. The van der Waals surface area contributed by atoms with Gasteiger partial charge in [0.2, 0.25) is 5.76 Å². The Hall–Kier alpha value is -2.75. The molecule has 1 aromatic heterocycles. The van der Waals surface area contributed by atoms with Crippen LogP contribution in [0.25, 0.3) is 22.1 Å². The highest BCUT2D eigenvalue weighted by Gasteiger charge is 2.21. The monoisotopic (exact) mass is 309 g/mol. The van der Waals surface area contributed by atoms with E-state index in [1.807, 2.05) is 49.4 Å². The van der Waals surface area contributed by atoms with Crippen LogP contribution in [0.4, 0.5) is 0 Å². The van der Waals surface area contributed by atoms with Crippen LogP contribution in [0.15, 0.2) is 52.9 Å². The Labute approximate surface area is 135 Å². The first-order chi connectivity index (χ1) is 11.2. The van der Waals surface area contributed by atoms with Crippen molar-refractivity contribution < 1.29 is 13.9 Å². The normalized spacial score (nSPS) is 10.7. The lowest BCUT2D eigenvalue weighted by molar-refractivity contribution is 0.0929. The number of methoxy groups -OCH3 is 1. The molecule has 0 radical (unpaired) electrons. The Morgan fingerprint density at radius 2 is 1.96 bits per heavy atom. The van der Waals surface area contributed by atoms with Gasteiger partial charge >= 0.3 is 0 Å². The summed E-state index contributed by atoms with van der Waals surface area (Å²) in [5.74, 6) is 0.847. The van der Waals surface area contributed by atoms with Gasteiger partial charge in [-0.2, -0.15) is 0 Å². The number of amides is 1. The molecule has 3 aromatic rings. The van der Waals surface area contributed by atoms with Gasteiger partial charge in [-0.25, -0.2) is 0 Å². The molecule has 0 spiro atoms. The third kappa shape index (κ3) is 2.93. The molecule has 0 atom stereocenters. The van der Waals surface area contributed by atoms with Crippen molar-refractivity contribution in [3.05, 3.63) is 54.3 Å². The minimum atomic E-state index is -0.194. The molecule has 0 bridgehead atoms. The molecule has 118 valence electrons. The smallest absolute Gasteiger partial charge is 0.287 e. The number of rotatable bonds is 5. The topological polar surface area (TPSA) is 51.5 Å². The summed E-state index contributed by atoms with van der Waals surface area (Å²) in [4.78, 5) is 12.5. The molecule has 4 nitrogen and oxygen atoms in total. The van der Waals surface area contributed by atoms with Gasteiger partial charge in [0.05, 0.1) is 7.11 Å². The summed E-state index contributed by atoms with van der Waals surface area (Å²) in [6.45, 7) is 2.63. The summed E-state index contributed by atoms with van der Waals surface area (Å²) in [6, 6.07) is 15.4. The van der Waals surface area contributed by atoms with Gasteiger partial charge in [-0.1, -0.05) is 37.3 Å². The quantitative estimate of drug-likeness (QED) is 0.766. The fourth-order valence-electron chi connectivity index (χ4n) is 2.57. The van der Waals surface area contributed by atoms with Gasteiger partial charge < -0.3 is 14.5 Å². The molecule has 0 saturated carbocycles. The van der Waals surface area contributed by atoms with E-state index in [9.17, 15) is 4.79 Å². The highest BCUT2D eigenvalue weighted by Crippen LogP contribution is 2.36. The highest BCUT2D eigenvalue weighted by atomic mass is 16.5. The van der Waals surface area contributed by atoms with Crippen molar-refractivity contribution in [2.24, 2.45) is 0 Å². The lowest BCUT2D eigenvalue weighted by atomic mass is 10.0. The summed E-state index contributed by atoms with van der Waals surface area (Å²) < 4.78 is 11.1. The standard InChI is InChI=1S/C19H19NO3/c1-3-11-20-19(21)18-17(13-7-5-4-6-8-13)15-10-9-14(22-2)12-16(15)23-18/h4-10,12H,3,11H2,1-2H3,(H,20,21). The van der Waals surface area contributed by atoms with Gasteiger partial charge in [0.15, 0.2) is 0 Å². The number of furan rings is 1. The second kappa shape index (κ2) is 6.57. The number of carbonyl (C=O) groups is 1. The second-order valence-electron chi connectivity index (χ2n) is 5.29. The molecule has 0 aliphatic carbocycles. The zero-order valence-electron chi connectivity index (χ0n) is 13.3. The van der Waals surface area contributed by atoms with Gasteiger partial charge in [-0.3, -0.25) is 4.79 Å². The summed E-state index contributed by atoms with van der Waals surface area (Å²) in [5, 5.41) is 3.79. The molecule has 1 amide bonds. The number of nitrogens with one attached hydrogen (secondary N) is 1. The first-order valence-electron chi connectivity index (χ1n) is 7.68. The Morgan fingerprint density at radius 1 is 1.17 bits per heavy atom. The lowest BCUT2D eigenvalue weighted by Gasteiger charge is -2.04. The molecular formula is C19H19NO3. The Balaban J connectivity index is 2.18. The van der Waals surface area contributed by atoms with Crippen LogP contribution >= 0.6 is 0 Å². The molecule has 0 fully saturated rings. The van der Waals surface area contributed by atoms with Crippen LogP contribution in [-0.2, 0) is 0 Å². The summed E-state index contributed by atoms with van der Waals surface area (Å²) in [7, 11) is 1.61. The minimum absolute atomic E-state index is 0.194. The van der Waals surface area contributed by atoms with Crippen molar-refractivity contribution in [3.8, 4) is 16.9 Å². The Bertz CT molecular complexity index is 821. The van der Waals surface area contributed by atoms with Crippen molar-refractivity contribution in [2.75, 3.05) is 13.7 Å². The third-order valence-corrected chi connectivity index (χ3v) is 3.70. The van der Waals surface area contributed by atoms with Crippen LogP contribution in [0.1, 0.15) is 23.9 Å². The third-order valence-electron chi connectivity index (χ3n) is 3.70. The number of hydrogen-bond acceptors (Lipinski definition) is 3. The van der Waals surface area contributed by atoms with E-state index < -0.39 is 0 Å². The predicted octanol–water partition coefficient (Wildman–Crippen LogP) is 4.25. The number of fused-ring (bicyclic) bond motifs is 1. The van der Waals surface area contributed by atoms with Gasteiger partial charge in [-0.15, -0.1) is 0 Å². The molecule has 4 heteroatoms. The van der Waals surface area contributed by atoms with Crippen LogP contribution in [0.3, 0.4) is 0 Å². The van der Waals surface area contributed by atoms with Crippen molar-refractivity contribution >= 4 is 16.9 Å². The van der Waals surface area contributed by atoms with E-state index in [0.717, 1.165) is 22.9 Å². The van der Waals surface area contributed by atoms with E-state index in [-0.39, 0.29) is 5.91 Å². The number of benzene rings is 2. The lowest BCUT2D eigenvalue weighted by Crippen LogP contribution is -2.23. The van der Waals surface area contributed by atoms with Gasteiger partial charge in [0.25, 0.3) is 5.91 Å². The van der Waals surface area contributed by atoms with Crippen molar-refractivity contribution in [1.82, 2.24) is 5.32 Å². The molecule has 1 N–H and O–H groups in total. The Kier molecular flexibility index (Phi) is 4.33. The number of ether oxygens (including phenoxy) is 1. The van der Waals surface area contributed by atoms with Gasteiger partial charge in [-0.05, 0) is 24.1 Å². The molecular weight excluding hydrogens is 290 g/mol. The van der Waals surface area contributed by atoms with E-state index in [4.69, 9.17) is 9.15 Å². The fraction of sp³-hybridized carbons (Fsp3) is 0.211. The summed E-state index contributed by atoms with van der Waals surface area (Å²) in [5.41, 5.74) is 2.42. The largest absolute Gasteiger partial charge is 0.497 e. The fourth-order valence-corrected chi connectivity index (χ4v) is 2.57. The molecule has 23 heavy (non-hydrogen) atoms. The first-order valence-corrected chi connectivity index (χ1v) is 7.68. The van der Waals surface area contributed by atoms with Crippen molar-refractivity contribution in [1.29, 1.82) is 0 Å². The molecule has 0 saturated heterocycles. The van der Waals surface area contributed by atoms with Crippen LogP contribution in [-0.4, -0.2) is 19.6 Å². The van der Waals surface area contributed by atoms with E-state index >= 15 is 0 Å². The maximum absolute atomic E-state index is 12.5. The van der Waals surface area contributed by atoms with Crippen molar-refractivity contribution in [2.45, 2.75) is 13.3 Å². The zero-order valence-corrected chi connectivity index (χ0v) is 13.3. The van der Waals surface area contributed by atoms with E-state index in [0.29, 0.717) is 23.6 Å². The van der Waals surface area contributed by atoms with Gasteiger partial charge in [0, 0.05) is 23.6 Å². The minimum Gasteiger partial charge on any atom is -0.497 e. The second-order valence-corrected chi connectivity index (χ2v) is 5.29. The van der Waals surface area contributed by atoms with Crippen LogP contribution in [0.5, 0.6) is 5.75 Å². The molecule has 0 aliphatic rings. The summed E-state index contributed by atoms with van der Waals surface area (Å²) in [6.07, 6.45) is 0.875. The predicted molar refractivity (Wildman–Crippen MR) is 90.8 cm³/mol. The average molecular weight is 309 g/mol. The van der Waals surface area contributed by atoms with Gasteiger partial charge in [0.1, 0.15) is 11.3 Å². The Morgan fingerprint density at radius 3 is 2.65 bits per heavy atom. The van der Waals surface area contributed by atoms with Crippen molar-refractivity contribution in [3.63, 3.8) is 0 Å². The molecule has 0 unspecified atom stereocenters. The van der Waals surface area contributed by atoms with E-state index in [2.05, 4.69) is 5.32 Å². The van der Waals surface area contributed by atoms with Crippen LogP contribution in [0.2, 0.25) is 0 Å². The molecule has 3 rings (SSSR count). The van der Waals surface area contributed by atoms with Crippen LogP contribution in [0, 0.1) is 0 Å².